The number of carbonyl (C=O) groups excluding carboxylic acids is 2. The van der Waals surface area contributed by atoms with Crippen LogP contribution in [0, 0.1) is 5.92 Å². The van der Waals surface area contributed by atoms with E-state index >= 15 is 0 Å². The van der Waals surface area contributed by atoms with Gasteiger partial charge in [0.1, 0.15) is 6.29 Å². The zero-order valence-corrected chi connectivity index (χ0v) is 8.41. The third-order valence-electron chi connectivity index (χ3n) is 1.53. The Hall–Kier alpha value is -0.860. The summed E-state index contributed by atoms with van der Waals surface area (Å²) >= 11 is 0. The molecule has 76 valence electrons. The number of ether oxygens (including phenoxy) is 1. The molecule has 0 aliphatic carbocycles. The molecule has 0 atom stereocenters. The van der Waals surface area contributed by atoms with Crippen LogP contribution in [-0.2, 0) is 14.3 Å². The van der Waals surface area contributed by atoms with Crippen LogP contribution in [0.2, 0.25) is 0 Å². The van der Waals surface area contributed by atoms with Gasteiger partial charge in [-0.05, 0) is 18.8 Å². The summed E-state index contributed by atoms with van der Waals surface area (Å²) in [4.78, 5) is 20.9. The van der Waals surface area contributed by atoms with Crippen molar-refractivity contribution in [2.24, 2.45) is 5.92 Å². The molecule has 0 amide bonds. The quantitative estimate of drug-likeness (QED) is 0.347. The van der Waals surface area contributed by atoms with Crippen molar-refractivity contribution in [3.8, 4) is 0 Å². The highest BCUT2D eigenvalue weighted by atomic mass is 16.5. The third kappa shape index (κ3) is 9.05. The Balaban J connectivity index is 3.25. The summed E-state index contributed by atoms with van der Waals surface area (Å²) in [5.74, 6) is 0.235. The smallest absolute Gasteiger partial charge is 0.305 e. The molecule has 0 aromatic carbocycles. The molecule has 0 unspecified atom stereocenters. The highest BCUT2D eigenvalue weighted by Gasteiger charge is 2.03. The molecule has 13 heavy (non-hydrogen) atoms. The molecule has 0 radical (unpaired) electrons. The molecular formula is C10H18O3. The third-order valence-corrected chi connectivity index (χ3v) is 1.53. The largest absolute Gasteiger partial charge is 0.465 e. The van der Waals surface area contributed by atoms with Crippen LogP contribution in [-0.4, -0.2) is 18.9 Å². The van der Waals surface area contributed by atoms with Crippen molar-refractivity contribution in [2.75, 3.05) is 6.61 Å². The number of unbranched alkanes of at least 4 members (excludes halogenated alkanes) is 2. The van der Waals surface area contributed by atoms with Gasteiger partial charge in [-0.15, -0.1) is 0 Å². The van der Waals surface area contributed by atoms with E-state index in [2.05, 4.69) is 0 Å². The molecule has 0 N–H and O–H groups in total. The molecule has 3 heteroatoms. The molecule has 0 saturated carbocycles. The average molecular weight is 186 g/mol. The second-order valence-electron chi connectivity index (χ2n) is 3.49. The lowest BCUT2D eigenvalue weighted by Crippen LogP contribution is -2.09. The van der Waals surface area contributed by atoms with Gasteiger partial charge < -0.3 is 9.53 Å². The first-order valence-electron chi connectivity index (χ1n) is 4.76. The molecule has 0 spiro atoms. The van der Waals surface area contributed by atoms with Crippen LogP contribution in [0.15, 0.2) is 0 Å². The summed E-state index contributed by atoms with van der Waals surface area (Å²) in [6.45, 7) is 4.49. The summed E-state index contributed by atoms with van der Waals surface area (Å²) in [7, 11) is 0. The zero-order chi connectivity index (χ0) is 10.1. The lowest BCUT2D eigenvalue weighted by molar-refractivity contribution is -0.144. The Labute approximate surface area is 79.5 Å². The van der Waals surface area contributed by atoms with Gasteiger partial charge in [0.05, 0.1) is 6.61 Å². The van der Waals surface area contributed by atoms with Gasteiger partial charge in [-0.2, -0.15) is 0 Å². The van der Waals surface area contributed by atoms with Crippen molar-refractivity contribution in [3.05, 3.63) is 0 Å². The molecule has 3 nitrogen and oxygen atoms in total. The number of hydrogen-bond acceptors (Lipinski definition) is 3. The maximum atomic E-state index is 11.0. The van der Waals surface area contributed by atoms with Gasteiger partial charge in [0.25, 0.3) is 0 Å². The first-order valence-corrected chi connectivity index (χ1v) is 4.76. The molecular weight excluding hydrogens is 168 g/mol. The number of aldehydes is 1. The molecule has 0 rings (SSSR count). The van der Waals surface area contributed by atoms with Gasteiger partial charge in [0, 0.05) is 12.8 Å². The fraction of sp³-hybridized carbons (Fsp3) is 0.800. The van der Waals surface area contributed by atoms with Crippen LogP contribution in [0.4, 0.5) is 0 Å². The molecule has 0 aromatic heterocycles. The van der Waals surface area contributed by atoms with Crippen molar-refractivity contribution in [3.63, 3.8) is 0 Å². The highest BCUT2D eigenvalue weighted by Crippen LogP contribution is 2.01. The van der Waals surface area contributed by atoms with E-state index in [1.807, 2.05) is 13.8 Å². The van der Waals surface area contributed by atoms with Crippen LogP contribution < -0.4 is 0 Å². The van der Waals surface area contributed by atoms with E-state index in [9.17, 15) is 9.59 Å². The Bertz CT molecular complexity index is 152. The summed E-state index contributed by atoms with van der Waals surface area (Å²) in [5.41, 5.74) is 0. The monoisotopic (exact) mass is 186 g/mol. The van der Waals surface area contributed by atoms with Gasteiger partial charge in [-0.1, -0.05) is 13.8 Å². The van der Waals surface area contributed by atoms with Gasteiger partial charge in [0.2, 0.25) is 0 Å². The lowest BCUT2D eigenvalue weighted by atomic mass is 10.2. The molecule has 0 saturated heterocycles. The van der Waals surface area contributed by atoms with E-state index in [0.717, 1.165) is 19.1 Å². The topological polar surface area (TPSA) is 43.4 Å². The summed E-state index contributed by atoms with van der Waals surface area (Å²) in [6.07, 6.45) is 3.37. The lowest BCUT2D eigenvalue weighted by Gasteiger charge is -2.06. The predicted molar refractivity (Wildman–Crippen MR) is 50.3 cm³/mol. The van der Waals surface area contributed by atoms with Crippen LogP contribution in [0.5, 0.6) is 0 Å². The zero-order valence-electron chi connectivity index (χ0n) is 8.41. The minimum atomic E-state index is -0.153. The van der Waals surface area contributed by atoms with Gasteiger partial charge in [0.15, 0.2) is 0 Å². The van der Waals surface area contributed by atoms with E-state index in [4.69, 9.17) is 4.74 Å². The van der Waals surface area contributed by atoms with Crippen molar-refractivity contribution in [2.45, 2.75) is 39.5 Å². The first kappa shape index (κ1) is 12.1. The molecule has 0 aliphatic rings. The maximum absolute atomic E-state index is 11.0. The summed E-state index contributed by atoms with van der Waals surface area (Å²) < 4.78 is 4.96. The van der Waals surface area contributed by atoms with Gasteiger partial charge in [-0.25, -0.2) is 0 Å². The number of rotatable bonds is 7. The molecule has 0 aromatic rings. The Morgan fingerprint density at radius 1 is 1.38 bits per heavy atom. The molecule has 0 bridgehead atoms. The van der Waals surface area contributed by atoms with Gasteiger partial charge in [-0.3, -0.25) is 4.79 Å². The number of esters is 1. The minimum Gasteiger partial charge on any atom is -0.465 e. The second kappa shape index (κ2) is 7.77. The van der Waals surface area contributed by atoms with E-state index in [0.29, 0.717) is 25.4 Å². The van der Waals surface area contributed by atoms with Crippen molar-refractivity contribution < 1.29 is 14.3 Å². The highest BCUT2D eigenvalue weighted by molar-refractivity contribution is 5.69. The fourth-order valence-corrected chi connectivity index (χ4v) is 0.829. The molecule has 0 aliphatic heterocycles. The average Bonchev–Trinajstić information content (AvgIpc) is 2.09. The Morgan fingerprint density at radius 3 is 2.62 bits per heavy atom. The predicted octanol–water partition coefficient (Wildman–Crippen LogP) is 1.94. The van der Waals surface area contributed by atoms with Crippen LogP contribution in [0.25, 0.3) is 0 Å². The summed E-state index contributed by atoms with van der Waals surface area (Å²) in [5, 5.41) is 0. The maximum Gasteiger partial charge on any atom is 0.305 e. The standard InChI is InChI=1S/C10H18O3/c1-9(2)8-13-10(12)6-4-3-5-7-11/h7,9H,3-6,8H2,1-2H3. The van der Waals surface area contributed by atoms with Crippen molar-refractivity contribution in [1.82, 2.24) is 0 Å². The first-order chi connectivity index (χ1) is 6.16. The Morgan fingerprint density at radius 2 is 2.08 bits per heavy atom. The van der Waals surface area contributed by atoms with E-state index < -0.39 is 0 Å². The van der Waals surface area contributed by atoms with Crippen molar-refractivity contribution in [1.29, 1.82) is 0 Å². The van der Waals surface area contributed by atoms with E-state index in [1.165, 1.54) is 0 Å². The fourth-order valence-electron chi connectivity index (χ4n) is 0.829. The van der Waals surface area contributed by atoms with E-state index in [1.54, 1.807) is 0 Å². The van der Waals surface area contributed by atoms with Crippen LogP contribution in [0.1, 0.15) is 39.5 Å². The number of carbonyl (C=O) groups is 2. The normalized spacial score (nSPS) is 10.1. The second-order valence-corrected chi connectivity index (χ2v) is 3.49. The van der Waals surface area contributed by atoms with Gasteiger partial charge >= 0.3 is 5.97 Å². The van der Waals surface area contributed by atoms with Crippen LogP contribution in [0.3, 0.4) is 0 Å². The summed E-state index contributed by atoms with van der Waals surface area (Å²) in [6, 6.07) is 0. The SMILES string of the molecule is CC(C)COC(=O)CCCCC=O. The Kier molecular flexibility index (Phi) is 7.26. The number of hydrogen-bond donors (Lipinski definition) is 0. The van der Waals surface area contributed by atoms with E-state index in [-0.39, 0.29) is 5.97 Å². The molecule has 0 heterocycles. The minimum absolute atomic E-state index is 0.153. The molecule has 0 fully saturated rings. The van der Waals surface area contributed by atoms with Crippen LogP contribution >= 0.6 is 0 Å². The van der Waals surface area contributed by atoms with Crippen molar-refractivity contribution >= 4 is 12.3 Å².